The van der Waals surface area contributed by atoms with Gasteiger partial charge in [-0.1, -0.05) is 53.0 Å². The molecule has 31 heavy (non-hydrogen) atoms. The third kappa shape index (κ3) is 3.15. The average molecular weight is 453 g/mol. The first-order valence-electron chi connectivity index (χ1n) is 9.68. The lowest BCUT2D eigenvalue weighted by Gasteiger charge is -2.25. The summed E-state index contributed by atoms with van der Waals surface area (Å²) in [6, 6.07) is 16.5. The van der Waals surface area contributed by atoms with E-state index in [1.807, 2.05) is 38.1 Å². The van der Waals surface area contributed by atoms with E-state index in [0.717, 1.165) is 22.4 Å². The van der Waals surface area contributed by atoms with Gasteiger partial charge in [-0.05, 0) is 67.4 Å². The highest BCUT2D eigenvalue weighted by Crippen LogP contribution is 2.43. The molecule has 2 heterocycles. The monoisotopic (exact) mass is 452 g/mol. The van der Waals surface area contributed by atoms with E-state index in [4.69, 9.17) is 28.1 Å². The number of oxime groups is 1. The largest absolute Gasteiger partial charge is 0.277 e. The molecule has 0 aliphatic carbocycles. The number of carbonyl (C=O) groups excluding carboxylic acids is 1. The van der Waals surface area contributed by atoms with Gasteiger partial charge in [0.15, 0.2) is 0 Å². The number of hydrogen-bond acceptors (Lipinski definition) is 5. The van der Waals surface area contributed by atoms with Crippen LogP contribution in [-0.2, 0) is 4.94 Å². The molecule has 3 aromatic carbocycles. The summed E-state index contributed by atoms with van der Waals surface area (Å²) < 4.78 is 0. The standard InChI is InChI=1S/C23H18Cl2N4O2/c1-13-8-14(2)21(15(3)9-13)22-26-31-29-27(22)19-6-4-5-7-20(19)28(29)23(30)16-10-17(24)12-18(25)11-16/h4-12H,1-3H3. The lowest BCUT2D eigenvalue weighted by atomic mass is 9.98. The third-order valence-electron chi connectivity index (χ3n) is 5.28. The van der Waals surface area contributed by atoms with Crippen molar-refractivity contribution in [2.45, 2.75) is 20.8 Å². The predicted octanol–water partition coefficient (Wildman–Crippen LogP) is 5.82. The molecule has 0 aromatic heterocycles. The number of fused-ring (bicyclic) bond motifs is 3. The normalized spacial score (nSPS) is 14.9. The van der Waals surface area contributed by atoms with Crippen LogP contribution >= 0.6 is 23.2 Å². The average Bonchev–Trinajstić information content (AvgIpc) is 3.24. The maximum Gasteiger partial charge on any atom is 0.277 e. The summed E-state index contributed by atoms with van der Waals surface area (Å²) in [5, 5.41) is 9.66. The van der Waals surface area contributed by atoms with Crippen LogP contribution in [0.3, 0.4) is 0 Å². The molecule has 2 aliphatic rings. The zero-order valence-corrected chi connectivity index (χ0v) is 18.6. The van der Waals surface area contributed by atoms with Crippen molar-refractivity contribution in [2.75, 3.05) is 10.0 Å². The summed E-state index contributed by atoms with van der Waals surface area (Å²) in [5.74, 6) is 0.273. The Labute approximate surface area is 189 Å². The summed E-state index contributed by atoms with van der Waals surface area (Å²) in [4.78, 5) is 19.2. The molecule has 6 nitrogen and oxygen atoms in total. The summed E-state index contributed by atoms with van der Waals surface area (Å²) >= 11 is 12.3. The van der Waals surface area contributed by atoms with E-state index < -0.39 is 0 Å². The maximum absolute atomic E-state index is 13.5. The topological polar surface area (TPSA) is 48.4 Å². The van der Waals surface area contributed by atoms with E-state index in [2.05, 4.69) is 24.2 Å². The van der Waals surface area contributed by atoms with Crippen LogP contribution in [0.5, 0.6) is 0 Å². The number of carbonyl (C=O) groups is 1. The number of hydrazine groups is 2. The molecule has 0 saturated heterocycles. The zero-order valence-electron chi connectivity index (χ0n) is 17.1. The van der Waals surface area contributed by atoms with Crippen LogP contribution in [0, 0.1) is 20.8 Å². The fraction of sp³-hybridized carbons (Fsp3) is 0.130. The van der Waals surface area contributed by atoms with E-state index in [9.17, 15) is 4.79 Å². The van der Waals surface area contributed by atoms with E-state index in [1.165, 1.54) is 15.9 Å². The second-order valence-corrected chi connectivity index (χ2v) is 8.47. The van der Waals surface area contributed by atoms with Crippen molar-refractivity contribution in [3.8, 4) is 0 Å². The molecule has 3 aromatic rings. The lowest BCUT2D eigenvalue weighted by Crippen LogP contribution is -2.49. The van der Waals surface area contributed by atoms with Crippen LogP contribution < -0.4 is 10.0 Å². The van der Waals surface area contributed by atoms with Crippen LogP contribution in [0.2, 0.25) is 10.0 Å². The van der Waals surface area contributed by atoms with Gasteiger partial charge < -0.3 is 0 Å². The molecule has 8 heteroatoms. The Morgan fingerprint density at radius 1 is 0.903 bits per heavy atom. The van der Waals surface area contributed by atoms with Crippen LogP contribution in [0.4, 0.5) is 11.4 Å². The Bertz CT molecular complexity index is 1230. The summed E-state index contributed by atoms with van der Waals surface area (Å²) in [7, 11) is 0. The molecule has 0 fully saturated rings. The van der Waals surface area contributed by atoms with Gasteiger partial charge in [-0.3, -0.25) is 9.73 Å². The molecule has 0 radical (unpaired) electrons. The predicted molar refractivity (Wildman–Crippen MR) is 122 cm³/mol. The number of para-hydroxylation sites is 2. The van der Waals surface area contributed by atoms with Gasteiger partial charge in [0.2, 0.25) is 5.84 Å². The summed E-state index contributed by atoms with van der Waals surface area (Å²) in [5.41, 5.74) is 6.07. The second-order valence-electron chi connectivity index (χ2n) is 7.60. The van der Waals surface area contributed by atoms with Gasteiger partial charge in [0.1, 0.15) is 0 Å². The Balaban J connectivity index is 1.61. The number of amidine groups is 1. The van der Waals surface area contributed by atoms with Gasteiger partial charge in [-0.2, -0.15) is 10.0 Å². The third-order valence-corrected chi connectivity index (χ3v) is 5.72. The smallest absolute Gasteiger partial charge is 0.267 e. The summed E-state index contributed by atoms with van der Waals surface area (Å²) in [6.45, 7) is 6.14. The van der Waals surface area contributed by atoms with E-state index in [0.29, 0.717) is 27.1 Å². The zero-order chi connectivity index (χ0) is 21.9. The van der Waals surface area contributed by atoms with Crippen molar-refractivity contribution < 1.29 is 9.73 Å². The van der Waals surface area contributed by atoms with Gasteiger partial charge in [-0.25, -0.2) is 0 Å². The van der Waals surface area contributed by atoms with E-state index >= 15 is 0 Å². The molecular formula is C23H18Cl2N4O2. The first-order valence-corrected chi connectivity index (χ1v) is 10.4. The molecule has 0 spiro atoms. The second kappa shape index (κ2) is 7.27. The molecule has 0 atom stereocenters. The quantitative estimate of drug-likeness (QED) is 0.490. The van der Waals surface area contributed by atoms with Gasteiger partial charge >= 0.3 is 0 Å². The molecule has 0 N–H and O–H groups in total. The van der Waals surface area contributed by atoms with Gasteiger partial charge in [0.05, 0.1) is 16.7 Å². The molecule has 5 rings (SSSR count). The Kier molecular flexibility index (Phi) is 4.66. The molecule has 0 bridgehead atoms. The number of hydrogen-bond donors (Lipinski definition) is 0. The Morgan fingerprint density at radius 3 is 2.16 bits per heavy atom. The molecule has 0 unspecified atom stereocenters. The molecule has 0 saturated carbocycles. The molecule has 1 amide bonds. The van der Waals surface area contributed by atoms with Crippen molar-refractivity contribution in [1.29, 1.82) is 0 Å². The lowest BCUT2D eigenvalue weighted by molar-refractivity contribution is -0.135. The maximum atomic E-state index is 13.5. The van der Waals surface area contributed by atoms with Crippen molar-refractivity contribution in [3.05, 3.63) is 92.5 Å². The first-order chi connectivity index (χ1) is 14.8. The Morgan fingerprint density at radius 2 is 1.52 bits per heavy atom. The van der Waals surface area contributed by atoms with Crippen LogP contribution in [0.15, 0.2) is 59.8 Å². The van der Waals surface area contributed by atoms with Crippen molar-refractivity contribution in [2.24, 2.45) is 5.16 Å². The van der Waals surface area contributed by atoms with Gasteiger partial charge in [0.25, 0.3) is 5.91 Å². The number of benzene rings is 3. The Hall–Kier alpha value is -3.06. The first kappa shape index (κ1) is 19.9. The van der Waals surface area contributed by atoms with Crippen LogP contribution in [-0.4, -0.2) is 17.0 Å². The highest BCUT2D eigenvalue weighted by atomic mass is 35.5. The van der Waals surface area contributed by atoms with Crippen molar-refractivity contribution >= 4 is 46.3 Å². The minimum Gasteiger partial charge on any atom is -0.267 e. The molecule has 2 aliphatic heterocycles. The fourth-order valence-corrected chi connectivity index (χ4v) is 4.68. The molecular weight excluding hydrogens is 435 g/mol. The fourth-order valence-electron chi connectivity index (χ4n) is 4.15. The minimum atomic E-state index is -0.340. The highest BCUT2D eigenvalue weighted by molar-refractivity contribution is 6.35. The van der Waals surface area contributed by atoms with Crippen molar-refractivity contribution in [3.63, 3.8) is 0 Å². The SMILES string of the molecule is Cc1cc(C)c(C2=NON3N(C(=O)c4cc(Cl)cc(Cl)c4)c4ccccc4N23)c(C)c1. The van der Waals surface area contributed by atoms with Gasteiger partial charge in [-0.15, -0.1) is 0 Å². The van der Waals surface area contributed by atoms with E-state index in [1.54, 1.807) is 23.2 Å². The number of halogens is 2. The minimum absolute atomic E-state index is 0.340. The van der Waals surface area contributed by atoms with E-state index in [-0.39, 0.29) is 5.91 Å². The highest BCUT2D eigenvalue weighted by Gasteiger charge is 2.47. The number of amides is 1. The van der Waals surface area contributed by atoms with Crippen LogP contribution in [0.25, 0.3) is 0 Å². The number of anilines is 2. The molecule has 156 valence electrons. The number of nitrogens with zero attached hydrogens (tertiary/aromatic N) is 4. The van der Waals surface area contributed by atoms with Gasteiger partial charge in [0, 0.05) is 21.2 Å². The van der Waals surface area contributed by atoms with Crippen LogP contribution in [0.1, 0.15) is 32.6 Å². The number of rotatable bonds is 2. The van der Waals surface area contributed by atoms with Crippen molar-refractivity contribution in [1.82, 2.24) is 5.28 Å². The summed E-state index contributed by atoms with van der Waals surface area (Å²) in [6.07, 6.45) is 0. The number of aryl methyl sites for hydroxylation is 3.